The van der Waals surface area contributed by atoms with Gasteiger partial charge in [0.15, 0.2) is 5.78 Å². The Morgan fingerprint density at radius 1 is 0.889 bits per heavy atom. The number of Topliss-reactive ketones (excluding diaryl/α,β-unsaturated/α-hetero) is 1. The van der Waals surface area contributed by atoms with Gasteiger partial charge >= 0.3 is 12.0 Å². The van der Waals surface area contributed by atoms with Gasteiger partial charge in [-0.1, -0.05) is 27.7 Å². The van der Waals surface area contributed by atoms with Crippen molar-refractivity contribution in [2.45, 2.75) is 46.7 Å². The summed E-state index contributed by atoms with van der Waals surface area (Å²) >= 11 is 0. The molecular weight excluding hydrogens is 236 g/mol. The van der Waals surface area contributed by atoms with Crippen molar-refractivity contribution in [3.05, 3.63) is 0 Å². The van der Waals surface area contributed by atoms with Gasteiger partial charge in [-0.2, -0.15) is 0 Å². The number of rotatable bonds is 6. The minimum atomic E-state index is -1.09. The second-order valence-electron chi connectivity index (χ2n) is 5.01. The van der Waals surface area contributed by atoms with Crippen LogP contribution in [-0.2, 0) is 9.59 Å². The molecule has 2 atom stereocenters. The Labute approximate surface area is 107 Å². The Morgan fingerprint density at radius 3 is 1.56 bits per heavy atom. The molecule has 18 heavy (non-hydrogen) atoms. The van der Waals surface area contributed by atoms with Crippen LogP contribution in [0.2, 0.25) is 0 Å². The maximum absolute atomic E-state index is 11.6. The first-order valence-corrected chi connectivity index (χ1v) is 5.97. The number of carboxylic acid groups (broad SMARTS) is 1. The Bertz CT molecular complexity index is 296. The zero-order valence-corrected chi connectivity index (χ0v) is 11.5. The molecule has 0 rings (SSSR count). The third-order valence-corrected chi connectivity index (χ3v) is 2.61. The molecule has 0 aliphatic carbocycles. The van der Waals surface area contributed by atoms with Gasteiger partial charge in [0.25, 0.3) is 0 Å². The van der Waals surface area contributed by atoms with Gasteiger partial charge in [-0.15, -0.1) is 0 Å². The molecule has 0 aromatic heterocycles. The largest absolute Gasteiger partial charge is 0.480 e. The number of aliphatic carboxylic acids is 1. The van der Waals surface area contributed by atoms with Gasteiger partial charge in [-0.05, 0) is 18.8 Å². The SMILES string of the molecule is CC(=O)[C@@H](NC(=O)N[C@H](C(=O)O)C(C)C)C(C)C. The van der Waals surface area contributed by atoms with E-state index in [9.17, 15) is 14.4 Å². The van der Waals surface area contributed by atoms with Crippen molar-refractivity contribution < 1.29 is 19.5 Å². The average molecular weight is 258 g/mol. The molecule has 3 N–H and O–H groups in total. The summed E-state index contributed by atoms with van der Waals surface area (Å²) in [5.74, 6) is -1.53. The molecule has 0 aromatic rings. The third kappa shape index (κ3) is 5.16. The summed E-state index contributed by atoms with van der Waals surface area (Å²) in [4.78, 5) is 33.9. The lowest BCUT2D eigenvalue weighted by Gasteiger charge is -2.23. The van der Waals surface area contributed by atoms with Crippen molar-refractivity contribution in [2.24, 2.45) is 11.8 Å². The van der Waals surface area contributed by atoms with Gasteiger partial charge in [-0.25, -0.2) is 9.59 Å². The van der Waals surface area contributed by atoms with E-state index in [2.05, 4.69) is 10.6 Å². The summed E-state index contributed by atoms with van der Waals surface area (Å²) in [6.07, 6.45) is 0. The topological polar surface area (TPSA) is 95.5 Å². The second-order valence-corrected chi connectivity index (χ2v) is 5.01. The van der Waals surface area contributed by atoms with Gasteiger partial charge in [0, 0.05) is 0 Å². The summed E-state index contributed by atoms with van der Waals surface area (Å²) < 4.78 is 0. The number of carbonyl (C=O) groups is 3. The highest BCUT2D eigenvalue weighted by atomic mass is 16.4. The van der Waals surface area contributed by atoms with E-state index in [1.807, 2.05) is 13.8 Å². The fraction of sp³-hybridized carbons (Fsp3) is 0.750. The van der Waals surface area contributed by atoms with Crippen LogP contribution in [0, 0.1) is 11.8 Å². The van der Waals surface area contributed by atoms with Gasteiger partial charge in [-0.3, -0.25) is 4.79 Å². The molecule has 0 saturated carbocycles. The van der Waals surface area contributed by atoms with Crippen molar-refractivity contribution in [2.75, 3.05) is 0 Å². The summed E-state index contributed by atoms with van der Waals surface area (Å²) in [5.41, 5.74) is 0. The molecule has 0 saturated heterocycles. The van der Waals surface area contributed by atoms with E-state index >= 15 is 0 Å². The number of ketones is 1. The van der Waals surface area contributed by atoms with E-state index in [0.717, 1.165) is 0 Å². The van der Waals surface area contributed by atoms with E-state index in [0.29, 0.717) is 0 Å². The fourth-order valence-electron chi connectivity index (χ4n) is 1.58. The monoisotopic (exact) mass is 258 g/mol. The quantitative estimate of drug-likeness (QED) is 0.662. The molecule has 2 amide bonds. The van der Waals surface area contributed by atoms with Crippen LogP contribution >= 0.6 is 0 Å². The number of nitrogens with one attached hydrogen (secondary N) is 2. The number of hydrogen-bond acceptors (Lipinski definition) is 3. The van der Waals surface area contributed by atoms with Crippen LogP contribution in [0.3, 0.4) is 0 Å². The van der Waals surface area contributed by atoms with E-state index in [1.165, 1.54) is 6.92 Å². The zero-order valence-electron chi connectivity index (χ0n) is 11.5. The van der Waals surface area contributed by atoms with Crippen LogP contribution in [0.15, 0.2) is 0 Å². The van der Waals surface area contributed by atoms with Gasteiger partial charge in [0.2, 0.25) is 0 Å². The summed E-state index contributed by atoms with van der Waals surface area (Å²) in [7, 11) is 0. The normalized spacial score (nSPS) is 14.2. The summed E-state index contributed by atoms with van der Waals surface area (Å²) in [6, 6.07) is -2.21. The minimum Gasteiger partial charge on any atom is -0.480 e. The molecule has 0 heterocycles. The van der Waals surface area contributed by atoms with Crippen molar-refractivity contribution >= 4 is 17.8 Å². The Morgan fingerprint density at radius 2 is 1.28 bits per heavy atom. The van der Waals surface area contributed by atoms with Gasteiger partial charge < -0.3 is 15.7 Å². The predicted molar refractivity (Wildman–Crippen MR) is 67.2 cm³/mol. The minimum absolute atomic E-state index is 0.0458. The molecule has 6 heteroatoms. The van der Waals surface area contributed by atoms with E-state index in [1.54, 1.807) is 13.8 Å². The van der Waals surface area contributed by atoms with Gasteiger partial charge in [0.05, 0.1) is 6.04 Å². The first-order valence-electron chi connectivity index (χ1n) is 5.97. The van der Waals surface area contributed by atoms with Crippen molar-refractivity contribution in [3.63, 3.8) is 0 Å². The van der Waals surface area contributed by atoms with Crippen molar-refractivity contribution in [1.29, 1.82) is 0 Å². The van der Waals surface area contributed by atoms with Crippen molar-refractivity contribution in [3.8, 4) is 0 Å². The summed E-state index contributed by atoms with van der Waals surface area (Å²) in [5, 5.41) is 13.8. The Hall–Kier alpha value is -1.59. The molecule has 0 aliphatic heterocycles. The molecule has 6 nitrogen and oxygen atoms in total. The van der Waals surface area contributed by atoms with Crippen LogP contribution in [-0.4, -0.2) is 35.0 Å². The second kappa shape index (κ2) is 6.98. The fourth-order valence-corrected chi connectivity index (χ4v) is 1.58. The number of hydrogen-bond donors (Lipinski definition) is 3. The first kappa shape index (κ1) is 16.4. The molecule has 0 bridgehead atoms. The molecule has 0 radical (unpaired) electrons. The van der Waals surface area contributed by atoms with Crippen LogP contribution in [0.1, 0.15) is 34.6 Å². The maximum Gasteiger partial charge on any atom is 0.326 e. The lowest BCUT2D eigenvalue weighted by atomic mass is 10.0. The van der Waals surface area contributed by atoms with Gasteiger partial charge in [0.1, 0.15) is 6.04 Å². The molecule has 0 spiro atoms. The number of carboxylic acids is 1. The molecule has 104 valence electrons. The molecule has 0 unspecified atom stereocenters. The van der Waals surface area contributed by atoms with E-state index in [-0.39, 0.29) is 17.6 Å². The highest BCUT2D eigenvalue weighted by Gasteiger charge is 2.26. The number of amides is 2. The predicted octanol–water partition coefficient (Wildman–Crippen LogP) is 1.01. The summed E-state index contributed by atoms with van der Waals surface area (Å²) in [6.45, 7) is 8.41. The van der Waals surface area contributed by atoms with Crippen LogP contribution in [0.4, 0.5) is 4.79 Å². The zero-order chi connectivity index (χ0) is 14.5. The van der Waals surface area contributed by atoms with Crippen LogP contribution < -0.4 is 10.6 Å². The van der Waals surface area contributed by atoms with Crippen LogP contribution in [0.25, 0.3) is 0 Å². The molecular formula is C12H22N2O4. The Balaban J connectivity index is 4.57. The standard InChI is InChI=1S/C12H22N2O4/c1-6(2)9(8(5)15)13-12(18)14-10(7(3)4)11(16)17/h6-7,9-10H,1-5H3,(H,16,17)(H2,13,14,18)/t9-,10-/m0/s1. The number of urea groups is 1. The van der Waals surface area contributed by atoms with E-state index in [4.69, 9.17) is 5.11 Å². The highest BCUT2D eigenvalue weighted by Crippen LogP contribution is 2.04. The third-order valence-electron chi connectivity index (χ3n) is 2.61. The lowest BCUT2D eigenvalue weighted by molar-refractivity contribution is -0.140. The lowest BCUT2D eigenvalue weighted by Crippen LogP contribution is -2.53. The first-order chi connectivity index (χ1) is 8.16. The molecule has 0 aliphatic rings. The Kier molecular flexibility index (Phi) is 6.36. The number of carbonyl (C=O) groups excluding carboxylic acids is 2. The molecule has 0 fully saturated rings. The van der Waals surface area contributed by atoms with Crippen LogP contribution in [0.5, 0.6) is 0 Å². The maximum atomic E-state index is 11.6. The van der Waals surface area contributed by atoms with E-state index < -0.39 is 24.1 Å². The highest BCUT2D eigenvalue weighted by molar-refractivity contribution is 5.88. The average Bonchev–Trinajstić information content (AvgIpc) is 2.20. The smallest absolute Gasteiger partial charge is 0.326 e. The molecule has 0 aromatic carbocycles. The van der Waals surface area contributed by atoms with Crippen molar-refractivity contribution in [1.82, 2.24) is 10.6 Å².